The third-order valence-corrected chi connectivity index (χ3v) is 12.9. The van der Waals surface area contributed by atoms with Gasteiger partial charge in [-0.25, -0.2) is 14.4 Å². The highest BCUT2D eigenvalue weighted by Crippen LogP contribution is 2.29. The number of amides is 6. The molecule has 73 heavy (non-hydrogen) atoms. The van der Waals surface area contributed by atoms with Crippen molar-refractivity contribution in [1.29, 1.82) is 0 Å². The second-order valence-electron chi connectivity index (χ2n) is 19.1. The predicted octanol–water partition coefficient (Wildman–Crippen LogP) is 1.65. The topological polar surface area (TPSA) is 348 Å². The van der Waals surface area contributed by atoms with E-state index in [9.17, 15) is 58.5 Å². The minimum Gasteiger partial charge on any atom is -0.546 e. The van der Waals surface area contributed by atoms with Crippen LogP contribution in [0.1, 0.15) is 108 Å². The molecule has 1 aliphatic carbocycles. The van der Waals surface area contributed by atoms with E-state index >= 15 is 0 Å². The SMILES string of the molecule is [2H]NC(CCNC(NC(=O)C(C)c1ccc(CC(C)C)cc1)C(=O)[O-])C(=O)NCC1CCC(C(=O)NC(Cc2ccc3ccccc3c2)C(=O)NCCCCC(NC(=O)NC(CCC(=O)O)C(=O)O)C(=O)O)CC1. The second-order valence-corrected chi connectivity index (χ2v) is 19.1. The molecule has 0 aromatic heterocycles. The van der Waals surface area contributed by atoms with Crippen molar-refractivity contribution in [2.75, 3.05) is 19.6 Å². The Morgan fingerprint density at radius 3 is 1.93 bits per heavy atom. The van der Waals surface area contributed by atoms with Crippen molar-refractivity contribution in [1.82, 2.24) is 37.2 Å². The van der Waals surface area contributed by atoms with Crippen LogP contribution >= 0.6 is 0 Å². The molecule has 0 spiro atoms. The van der Waals surface area contributed by atoms with Gasteiger partial charge in [0.2, 0.25) is 23.6 Å². The van der Waals surface area contributed by atoms with Gasteiger partial charge in [-0.05, 0) is 117 Å². The van der Waals surface area contributed by atoms with Gasteiger partial charge in [0.1, 0.15) is 25.7 Å². The van der Waals surface area contributed by atoms with E-state index in [1.807, 2.05) is 66.7 Å². The highest BCUT2D eigenvalue weighted by Gasteiger charge is 2.31. The number of benzene rings is 3. The standard InChI is InChI=1S/C52H72N8O13/c1-30(2)26-32-11-16-35(17-12-32)31(3)45(63)60-44(51(71)72)54-25-23-39(53)47(65)56-29-33-13-19-37(20-14-33)46(64)57-42(28-34-15-18-36-8-4-5-9-38(36)27-34)48(66)55-24-7-6-10-40(49(67)68)58-52(73)59-41(50(69)70)21-22-43(61)62/h4-5,8-9,11-12,15-18,27,30-31,33,37,39-42,44,54H,6-7,10,13-14,19-26,28-29,53H2,1-3H3,(H,55,66)(H,56,65)(H,57,64)(H,60,63)(H,61,62)(H,67,68)(H,69,70)(H,71,72)(H2,58,59,73)/p-1/i/hD. The van der Waals surface area contributed by atoms with E-state index in [1.54, 1.807) is 6.92 Å². The lowest BCUT2D eigenvalue weighted by Gasteiger charge is -2.29. The Kier molecular flexibility index (Phi) is 22.9. The van der Waals surface area contributed by atoms with Crippen molar-refractivity contribution in [2.45, 2.75) is 134 Å². The molecule has 6 atom stereocenters. The normalized spacial score (nSPS) is 17.1. The average Bonchev–Trinajstić information content (AvgIpc) is 3.36. The number of carboxylic acid groups (broad SMARTS) is 4. The Labute approximate surface area is 426 Å². The number of rotatable bonds is 31. The van der Waals surface area contributed by atoms with Crippen LogP contribution in [0.2, 0.25) is 1.41 Å². The molecule has 0 aliphatic heterocycles. The van der Waals surface area contributed by atoms with Crippen LogP contribution in [0.4, 0.5) is 4.79 Å². The predicted molar refractivity (Wildman–Crippen MR) is 267 cm³/mol. The number of nitrogens with one attached hydrogen (secondary N) is 7. The molecule has 6 amide bonds. The number of fused-ring (bicyclic) bond motifs is 1. The maximum atomic E-state index is 13.8. The molecule has 0 radical (unpaired) electrons. The summed E-state index contributed by atoms with van der Waals surface area (Å²) in [6.45, 7) is 6.22. The summed E-state index contributed by atoms with van der Waals surface area (Å²) in [4.78, 5) is 112. The van der Waals surface area contributed by atoms with E-state index in [1.165, 1.54) is 0 Å². The van der Waals surface area contributed by atoms with Crippen molar-refractivity contribution in [3.05, 3.63) is 83.4 Å². The van der Waals surface area contributed by atoms with Crippen LogP contribution in [0.15, 0.2) is 66.7 Å². The Morgan fingerprint density at radius 1 is 0.671 bits per heavy atom. The molecule has 0 heterocycles. The summed E-state index contributed by atoms with van der Waals surface area (Å²) in [7, 11) is 0. The fourth-order valence-electron chi connectivity index (χ4n) is 8.58. The van der Waals surface area contributed by atoms with Crippen LogP contribution in [0, 0.1) is 17.8 Å². The fourth-order valence-corrected chi connectivity index (χ4v) is 8.58. The van der Waals surface area contributed by atoms with E-state index in [-0.39, 0.29) is 57.1 Å². The Morgan fingerprint density at radius 2 is 1.32 bits per heavy atom. The molecule has 4 rings (SSSR count). The fraction of sp³-hybridized carbons (Fsp3) is 0.519. The molecule has 6 unspecified atom stereocenters. The molecule has 1 fully saturated rings. The zero-order valence-corrected chi connectivity index (χ0v) is 41.6. The molecule has 398 valence electrons. The lowest BCUT2D eigenvalue weighted by molar-refractivity contribution is -0.309. The van der Waals surface area contributed by atoms with Crippen molar-refractivity contribution in [3.63, 3.8) is 0 Å². The Hall–Kier alpha value is -7.13. The first-order valence-corrected chi connectivity index (χ1v) is 24.8. The maximum Gasteiger partial charge on any atom is 0.326 e. The molecular weight excluding hydrogens is 945 g/mol. The highest BCUT2D eigenvalue weighted by atomic mass is 16.4. The second kappa shape index (κ2) is 29.4. The maximum absolute atomic E-state index is 13.8. The molecule has 21 heteroatoms. The minimum atomic E-state index is -1.56. The van der Waals surface area contributed by atoms with Crippen LogP contribution in [0.25, 0.3) is 10.8 Å². The third kappa shape index (κ3) is 20.1. The summed E-state index contributed by atoms with van der Waals surface area (Å²) in [5.41, 5.74) is 4.86. The Balaban J connectivity index is 1.24. The summed E-state index contributed by atoms with van der Waals surface area (Å²) >= 11 is 0. The van der Waals surface area contributed by atoms with Gasteiger partial charge in [0.25, 0.3) is 0 Å². The van der Waals surface area contributed by atoms with Gasteiger partial charge in [0.05, 0.1) is 17.9 Å². The van der Waals surface area contributed by atoms with E-state index in [2.05, 4.69) is 56.8 Å². The number of urea groups is 1. The number of hydrogen-bond acceptors (Lipinski definition) is 12. The first-order valence-electron chi connectivity index (χ1n) is 25.3. The summed E-state index contributed by atoms with van der Waals surface area (Å²) in [6, 6.07) is 15.0. The first-order chi connectivity index (χ1) is 35.2. The van der Waals surface area contributed by atoms with Crippen LogP contribution in [0.5, 0.6) is 0 Å². The molecule has 1 saturated carbocycles. The molecule has 3 aromatic carbocycles. The van der Waals surface area contributed by atoms with Gasteiger partial charge in [-0.1, -0.05) is 80.6 Å². The zero-order valence-electron chi connectivity index (χ0n) is 42.6. The average molecular weight is 1020 g/mol. The first kappa shape index (κ1) is 56.8. The number of carboxylic acids is 4. The van der Waals surface area contributed by atoms with E-state index in [0.717, 1.165) is 33.9 Å². The number of carbonyl (C=O) groups excluding carboxylic acids is 6. The highest BCUT2D eigenvalue weighted by molar-refractivity contribution is 5.90. The van der Waals surface area contributed by atoms with Gasteiger partial charge in [0.15, 0.2) is 0 Å². The summed E-state index contributed by atoms with van der Waals surface area (Å²) in [6.07, 6.45) is 1.19. The van der Waals surface area contributed by atoms with E-state index in [4.69, 9.17) is 6.52 Å². The minimum absolute atomic E-state index is 0.0171. The number of nitrogens with two attached hydrogens (primary N) is 1. The molecule has 3 aromatic rings. The zero-order chi connectivity index (χ0) is 54.3. The lowest BCUT2D eigenvalue weighted by atomic mass is 9.81. The van der Waals surface area contributed by atoms with Gasteiger partial charge in [-0.15, -0.1) is 0 Å². The monoisotopic (exact) mass is 1020 g/mol. The number of aliphatic carboxylic acids is 4. The summed E-state index contributed by atoms with van der Waals surface area (Å²) in [5, 5.41) is 59.7. The molecule has 12 N–H and O–H groups in total. The van der Waals surface area contributed by atoms with Crippen LogP contribution in [-0.4, -0.2) is 119 Å². The van der Waals surface area contributed by atoms with Crippen LogP contribution < -0.4 is 48.1 Å². The number of unbranched alkanes of at least 4 members (excludes halogenated alkanes) is 1. The molecule has 21 nitrogen and oxygen atoms in total. The van der Waals surface area contributed by atoms with Gasteiger partial charge in [0, 0.05) is 31.8 Å². The number of hydrogen-bond donors (Lipinski definition) is 11. The Bertz CT molecular complexity index is 2400. The van der Waals surface area contributed by atoms with Gasteiger partial charge < -0.3 is 62.8 Å². The van der Waals surface area contributed by atoms with E-state index in [0.29, 0.717) is 38.0 Å². The molecular formula is C52H71N8O13-. The largest absolute Gasteiger partial charge is 0.546 e. The van der Waals surface area contributed by atoms with Crippen molar-refractivity contribution in [3.8, 4) is 0 Å². The third-order valence-electron chi connectivity index (χ3n) is 12.9. The van der Waals surface area contributed by atoms with Crippen molar-refractivity contribution in [2.24, 2.45) is 23.5 Å². The summed E-state index contributed by atoms with van der Waals surface area (Å²) < 4.78 is 7.75. The van der Waals surface area contributed by atoms with Gasteiger partial charge >= 0.3 is 23.9 Å². The molecule has 0 bridgehead atoms. The van der Waals surface area contributed by atoms with Gasteiger partial charge in [-0.2, -0.15) is 0 Å². The van der Waals surface area contributed by atoms with Crippen LogP contribution in [0.3, 0.4) is 0 Å². The smallest absolute Gasteiger partial charge is 0.326 e. The van der Waals surface area contributed by atoms with Gasteiger partial charge in [-0.3, -0.25) is 29.3 Å². The lowest BCUT2D eigenvalue weighted by Crippen LogP contribution is -2.57. The quantitative estimate of drug-likeness (QED) is 0.0323. The van der Waals surface area contributed by atoms with Crippen LogP contribution in [-0.2, 0) is 51.2 Å². The summed E-state index contributed by atoms with van der Waals surface area (Å²) in [5.74, 6) is -8.03. The number of carbonyl (C=O) groups is 9. The molecule has 0 saturated heterocycles. The van der Waals surface area contributed by atoms with Crippen molar-refractivity contribution < 1.29 is 65.0 Å². The van der Waals surface area contributed by atoms with E-state index < -0.39 is 103 Å². The molecule has 1 aliphatic rings. The van der Waals surface area contributed by atoms with Crippen molar-refractivity contribution >= 4 is 64.3 Å².